The minimum Gasteiger partial charge on any atom is -0.481 e. The Bertz CT molecular complexity index is 347. The van der Waals surface area contributed by atoms with E-state index in [0.29, 0.717) is 25.4 Å². The van der Waals surface area contributed by atoms with Gasteiger partial charge in [-0.2, -0.15) is 0 Å². The van der Waals surface area contributed by atoms with E-state index in [2.05, 4.69) is 0 Å². The normalized spacial score (nSPS) is 32.0. The summed E-state index contributed by atoms with van der Waals surface area (Å²) in [5.41, 5.74) is 0. The number of amides is 2. The largest absolute Gasteiger partial charge is 0.481 e. The number of likely N-dealkylation sites (tertiary alicyclic amines) is 2. The second kappa shape index (κ2) is 5.14. The summed E-state index contributed by atoms with van der Waals surface area (Å²) in [5, 5.41) is 18.3. The molecule has 0 spiro atoms. The lowest BCUT2D eigenvalue weighted by Gasteiger charge is -2.29. The number of aliphatic carboxylic acids is 1. The molecule has 2 rings (SSSR count). The van der Waals surface area contributed by atoms with Crippen LogP contribution in [0.25, 0.3) is 0 Å². The molecule has 2 aliphatic heterocycles. The van der Waals surface area contributed by atoms with Gasteiger partial charge in [-0.1, -0.05) is 6.92 Å². The number of carbonyl (C=O) groups is 2. The quantitative estimate of drug-likeness (QED) is 0.740. The number of urea groups is 1. The van der Waals surface area contributed by atoms with Crippen molar-refractivity contribution in [2.75, 3.05) is 26.2 Å². The number of carboxylic acid groups (broad SMARTS) is 1. The van der Waals surface area contributed by atoms with Gasteiger partial charge in [-0.3, -0.25) is 4.79 Å². The third-order valence-corrected chi connectivity index (χ3v) is 4.12. The Kier molecular flexibility index (Phi) is 3.75. The molecule has 3 unspecified atom stereocenters. The number of aliphatic hydroxyl groups excluding tert-OH is 1. The van der Waals surface area contributed by atoms with Crippen LogP contribution >= 0.6 is 0 Å². The van der Waals surface area contributed by atoms with Crippen LogP contribution in [0.1, 0.15) is 19.8 Å². The van der Waals surface area contributed by atoms with E-state index in [1.165, 1.54) is 0 Å². The van der Waals surface area contributed by atoms with Crippen molar-refractivity contribution in [1.29, 1.82) is 0 Å². The monoisotopic (exact) mass is 256 g/mol. The van der Waals surface area contributed by atoms with E-state index in [-0.39, 0.29) is 25.2 Å². The summed E-state index contributed by atoms with van der Waals surface area (Å²) in [4.78, 5) is 26.4. The van der Waals surface area contributed by atoms with Gasteiger partial charge in [-0.25, -0.2) is 4.79 Å². The first-order valence-corrected chi connectivity index (χ1v) is 6.43. The lowest BCUT2D eigenvalue weighted by atomic mass is 10.0. The van der Waals surface area contributed by atoms with Gasteiger partial charge in [0.25, 0.3) is 0 Å². The molecule has 2 heterocycles. The molecule has 3 atom stereocenters. The van der Waals surface area contributed by atoms with Gasteiger partial charge in [0.05, 0.1) is 18.6 Å². The minimum atomic E-state index is -0.834. The summed E-state index contributed by atoms with van der Waals surface area (Å²) in [5.74, 6) is -0.975. The molecule has 102 valence electrons. The van der Waals surface area contributed by atoms with Crippen LogP contribution < -0.4 is 0 Å². The maximum Gasteiger partial charge on any atom is 0.320 e. The van der Waals surface area contributed by atoms with Crippen molar-refractivity contribution >= 4 is 12.0 Å². The van der Waals surface area contributed by atoms with Crippen LogP contribution in [0.2, 0.25) is 0 Å². The highest BCUT2D eigenvalue weighted by Gasteiger charge is 2.39. The molecule has 6 heteroatoms. The van der Waals surface area contributed by atoms with Gasteiger partial charge in [-0.15, -0.1) is 0 Å². The van der Waals surface area contributed by atoms with Crippen molar-refractivity contribution < 1.29 is 19.8 Å². The van der Waals surface area contributed by atoms with Crippen LogP contribution in [0.3, 0.4) is 0 Å². The van der Waals surface area contributed by atoms with E-state index >= 15 is 0 Å². The van der Waals surface area contributed by atoms with Crippen LogP contribution in [0.5, 0.6) is 0 Å². The summed E-state index contributed by atoms with van der Waals surface area (Å²) in [6.07, 6.45) is 1.42. The zero-order valence-corrected chi connectivity index (χ0v) is 10.6. The molecule has 2 N–H and O–H groups in total. The number of carboxylic acids is 1. The first kappa shape index (κ1) is 13.1. The summed E-state index contributed by atoms with van der Waals surface area (Å²) in [7, 11) is 0. The fraction of sp³-hybridized carbons (Fsp3) is 0.833. The Balaban J connectivity index is 1.98. The Hall–Kier alpha value is -1.30. The van der Waals surface area contributed by atoms with Crippen LogP contribution in [-0.2, 0) is 4.79 Å². The zero-order chi connectivity index (χ0) is 13.3. The molecule has 0 saturated carbocycles. The van der Waals surface area contributed by atoms with E-state index < -0.39 is 11.9 Å². The van der Waals surface area contributed by atoms with Gasteiger partial charge in [0, 0.05) is 19.6 Å². The molecule has 0 aromatic heterocycles. The Morgan fingerprint density at radius 1 is 1.28 bits per heavy atom. The molecule has 0 aromatic carbocycles. The zero-order valence-electron chi connectivity index (χ0n) is 10.6. The molecule has 2 aliphatic rings. The number of hydrogen-bond donors (Lipinski definition) is 2. The standard InChI is InChI=1S/C12H20N2O4/c1-8-2-5-14(10(8)7-15)12(18)13-4-3-9(6-13)11(16)17/h8-10,15H,2-7H2,1H3,(H,16,17). The maximum absolute atomic E-state index is 12.3. The van der Waals surface area contributed by atoms with Crippen molar-refractivity contribution in [3.63, 3.8) is 0 Å². The summed E-state index contributed by atoms with van der Waals surface area (Å²) >= 11 is 0. The molecule has 2 fully saturated rings. The third-order valence-electron chi connectivity index (χ3n) is 4.12. The smallest absolute Gasteiger partial charge is 0.320 e. The minimum absolute atomic E-state index is 0.0247. The summed E-state index contributed by atoms with van der Waals surface area (Å²) in [6, 6.07) is -0.247. The predicted molar refractivity (Wildman–Crippen MR) is 64.1 cm³/mol. The first-order valence-electron chi connectivity index (χ1n) is 6.43. The van der Waals surface area contributed by atoms with Gasteiger partial charge >= 0.3 is 12.0 Å². The Morgan fingerprint density at radius 2 is 2.00 bits per heavy atom. The molecule has 2 amide bonds. The number of rotatable bonds is 2. The SMILES string of the molecule is CC1CCN(C(=O)N2CCC(C(=O)O)C2)C1CO. The number of hydrogen-bond acceptors (Lipinski definition) is 3. The molecule has 2 saturated heterocycles. The van der Waals surface area contributed by atoms with Gasteiger partial charge in [0.1, 0.15) is 0 Å². The van der Waals surface area contributed by atoms with Crippen molar-refractivity contribution in [2.24, 2.45) is 11.8 Å². The van der Waals surface area contributed by atoms with E-state index in [1.54, 1.807) is 9.80 Å². The predicted octanol–water partition coefficient (Wildman–Crippen LogP) is 0.216. The molecular weight excluding hydrogens is 236 g/mol. The average molecular weight is 256 g/mol. The van der Waals surface area contributed by atoms with Gasteiger partial charge in [0.2, 0.25) is 0 Å². The summed E-state index contributed by atoms with van der Waals surface area (Å²) in [6.45, 7) is 3.44. The molecule has 0 radical (unpaired) electrons. The molecule has 0 bridgehead atoms. The summed E-state index contributed by atoms with van der Waals surface area (Å²) < 4.78 is 0. The second-order valence-electron chi connectivity index (χ2n) is 5.26. The molecule has 6 nitrogen and oxygen atoms in total. The van der Waals surface area contributed by atoms with Crippen LogP contribution in [-0.4, -0.2) is 64.3 Å². The van der Waals surface area contributed by atoms with Crippen LogP contribution in [0.15, 0.2) is 0 Å². The number of nitrogens with zero attached hydrogens (tertiary/aromatic N) is 2. The highest BCUT2D eigenvalue weighted by molar-refractivity contribution is 5.78. The molecule has 0 aromatic rings. The van der Waals surface area contributed by atoms with Gasteiger partial charge in [-0.05, 0) is 18.8 Å². The van der Waals surface area contributed by atoms with E-state index in [1.807, 2.05) is 6.92 Å². The Labute approximate surface area is 106 Å². The van der Waals surface area contributed by atoms with Crippen molar-refractivity contribution in [3.05, 3.63) is 0 Å². The van der Waals surface area contributed by atoms with E-state index in [0.717, 1.165) is 6.42 Å². The fourth-order valence-electron chi connectivity index (χ4n) is 2.84. The lowest BCUT2D eigenvalue weighted by molar-refractivity contribution is -0.141. The lowest BCUT2D eigenvalue weighted by Crippen LogP contribution is -2.47. The Morgan fingerprint density at radius 3 is 2.56 bits per heavy atom. The average Bonchev–Trinajstić information content (AvgIpc) is 2.94. The molecule has 18 heavy (non-hydrogen) atoms. The van der Waals surface area contributed by atoms with Crippen molar-refractivity contribution in [3.8, 4) is 0 Å². The molecule has 0 aliphatic carbocycles. The fourth-order valence-corrected chi connectivity index (χ4v) is 2.84. The topological polar surface area (TPSA) is 81.1 Å². The van der Waals surface area contributed by atoms with Crippen LogP contribution in [0.4, 0.5) is 4.79 Å². The molecular formula is C12H20N2O4. The van der Waals surface area contributed by atoms with E-state index in [4.69, 9.17) is 5.11 Å². The van der Waals surface area contributed by atoms with Gasteiger partial charge in [0.15, 0.2) is 0 Å². The first-order chi connectivity index (χ1) is 8.54. The number of aliphatic hydroxyl groups is 1. The van der Waals surface area contributed by atoms with Crippen molar-refractivity contribution in [1.82, 2.24) is 9.80 Å². The highest BCUT2D eigenvalue weighted by Crippen LogP contribution is 2.26. The van der Waals surface area contributed by atoms with E-state index in [9.17, 15) is 14.7 Å². The second-order valence-corrected chi connectivity index (χ2v) is 5.26. The highest BCUT2D eigenvalue weighted by atomic mass is 16.4. The van der Waals surface area contributed by atoms with Gasteiger partial charge < -0.3 is 20.0 Å². The third kappa shape index (κ3) is 2.29. The van der Waals surface area contributed by atoms with Crippen molar-refractivity contribution in [2.45, 2.75) is 25.8 Å². The maximum atomic E-state index is 12.3. The van der Waals surface area contributed by atoms with Crippen LogP contribution in [0, 0.1) is 11.8 Å². The number of carbonyl (C=O) groups excluding carboxylic acids is 1.